The zero-order chi connectivity index (χ0) is 12.6. The quantitative estimate of drug-likeness (QED) is 0.615. The Bertz CT molecular complexity index is 602. The maximum atomic E-state index is 10.7. The van der Waals surface area contributed by atoms with Gasteiger partial charge in [0.1, 0.15) is 4.92 Å². The molecular weight excluding hydrogens is 250 g/mol. The number of nitro groups is 2. The summed E-state index contributed by atoms with van der Waals surface area (Å²) in [7, 11) is 0. The molecule has 88 valence electrons. The molecule has 0 aliphatic rings. The fraction of sp³-hybridized carbons (Fsp3) is 0.125. The number of furan rings is 1. The number of aromatic nitrogens is 1. The van der Waals surface area contributed by atoms with Crippen molar-refractivity contribution in [3.05, 3.63) is 37.4 Å². The van der Waals surface area contributed by atoms with Gasteiger partial charge in [0.15, 0.2) is 11.5 Å². The Balaban J connectivity index is 2.52. The number of aryl methyl sites for hydroxylation is 1. The normalized spacial score (nSPS) is 10.4. The van der Waals surface area contributed by atoms with Gasteiger partial charge < -0.3 is 4.42 Å². The minimum absolute atomic E-state index is 0.0191. The second-order valence-electron chi connectivity index (χ2n) is 3.04. The molecule has 0 aromatic carbocycles. The molecule has 0 spiro atoms. The standard InChI is InChI=1S/C8H5N3O5S/c1-4-9-7(8(17-4)11(14)15)5-2-3-6(16-5)10(12)13/h2-3H,1H3. The molecule has 0 unspecified atom stereocenters. The van der Waals surface area contributed by atoms with E-state index < -0.39 is 15.7 Å². The van der Waals surface area contributed by atoms with E-state index in [4.69, 9.17) is 4.42 Å². The van der Waals surface area contributed by atoms with E-state index in [0.717, 1.165) is 17.4 Å². The zero-order valence-corrected chi connectivity index (χ0v) is 9.26. The van der Waals surface area contributed by atoms with Gasteiger partial charge >= 0.3 is 10.9 Å². The van der Waals surface area contributed by atoms with E-state index in [9.17, 15) is 20.2 Å². The van der Waals surface area contributed by atoms with Crippen LogP contribution in [0.3, 0.4) is 0 Å². The van der Waals surface area contributed by atoms with Crippen molar-refractivity contribution in [3.63, 3.8) is 0 Å². The molecule has 0 saturated heterocycles. The van der Waals surface area contributed by atoms with Gasteiger partial charge in [-0.05, 0) is 24.3 Å². The van der Waals surface area contributed by atoms with Crippen LogP contribution in [-0.4, -0.2) is 14.8 Å². The van der Waals surface area contributed by atoms with E-state index in [1.165, 1.54) is 6.07 Å². The van der Waals surface area contributed by atoms with Crippen LogP contribution in [0.15, 0.2) is 16.5 Å². The van der Waals surface area contributed by atoms with E-state index in [1.807, 2.05) is 0 Å². The van der Waals surface area contributed by atoms with Crippen molar-refractivity contribution in [2.24, 2.45) is 0 Å². The Labute approximate surface area is 97.8 Å². The summed E-state index contributed by atoms with van der Waals surface area (Å²) in [5.41, 5.74) is 0.0191. The molecule has 0 aliphatic carbocycles. The summed E-state index contributed by atoms with van der Waals surface area (Å²) in [6, 6.07) is 2.42. The lowest BCUT2D eigenvalue weighted by molar-refractivity contribution is -0.401. The van der Waals surface area contributed by atoms with Crippen molar-refractivity contribution < 1.29 is 14.3 Å². The van der Waals surface area contributed by atoms with Gasteiger partial charge in [-0.2, -0.15) is 0 Å². The van der Waals surface area contributed by atoms with Gasteiger partial charge in [0, 0.05) is 0 Å². The van der Waals surface area contributed by atoms with Crippen LogP contribution in [0.2, 0.25) is 0 Å². The van der Waals surface area contributed by atoms with E-state index in [2.05, 4.69) is 4.98 Å². The minimum atomic E-state index is -0.714. The van der Waals surface area contributed by atoms with Gasteiger partial charge in [-0.1, -0.05) is 0 Å². The highest BCUT2D eigenvalue weighted by molar-refractivity contribution is 7.15. The number of hydrogen-bond donors (Lipinski definition) is 0. The Morgan fingerprint density at radius 3 is 2.53 bits per heavy atom. The largest absolute Gasteiger partial charge is 0.433 e. The lowest BCUT2D eigenvalue weighted by Crippen LogP contribution is -1.87. The molecular formula is C8H5N3O5S. The van der Waals surface area contributed by atoms with E-state index in [0.29, 0.717) is 5.01 Å². The first-order chi connectivity index (χ1) is 7.99. The lowest BCUT2D eigenvalue weighted by Gasteiger charge is -1.89. The molecule has 17 heavy (non-hydrogen) atoms. The Morgan fingerprint density at radius 1 is 1.29 bits per heavy atom. The molecule has 8 nitrogen and oxygen atoms in total. The smallest absolute Gasteiger partial charge is 0.399 e. The summed E-state index contributed by atoms with van der Waals surface area (Å²) in [5.74, 6) is -0.451. The van der Waals surface area contributed by atoms with Crippen LogP contribution in [-0.2, 0) is 0 Å². The predicted octanol–water partition coefficient (Wildman–Crippen LogP) is 2.53. The van der Waals surface area contributed by atoms with Crippen molar-refractivity contribution in [2.45, 2.75) is 6.92 Å². The van der Waals surface area contributed by atoms with Crippen LogP contribution < -0.4 is 0 Å². The molecule has 0 radical (unpaired) electrons. The van der Waals surface area contributed by atoms with Crippen LogP contribution in [0.4, 0.5) is 10.9 Å². The zero-order valence-electron chi connectivity index (χ0n) is 8.45. The molecule has 0 amide bonds. The maximum Gasteiger partial charge on any atom is 0.433 e. The van der Waals surface area contributed by atoms with Crippen molar-refractivity contribution in [3.8, 4) is 11.5 Å². The molecule has 2 rings (SSSR count). The number of hydrogen-bond acceptors (Lipinski definition) is 7. The third kappa shape index (κ3) is 1.99. The third-order valence-corrected chi connectivity index (χ3v) is 2.81. The van der Waals surface area contributed by atoms with Gasteiger partial charge in [-0.15, -0.1) is 0 Å². The van der Waals surface area contributed by atoms with Crippen LogP contribution in [0.1, 0.15) is 5.01 Å². The molecule has 0 bridgehead atoms. The van der Waals surface area contributed by atoms with Gasteiger partial charge in [0.2, 0.25) is 0 Å². The SMILES string of the molecule is Cc1nc(-c2ccc([N+](=O)[O-])o2)c([N+](=O)[O-])s1. The summed E-state index contributed by atoms with van der Waals surface area (Å²) >= 11 is 0.895. The van der Waals surface area contributed by atoms with Crippen LogP contribution in [0.25, 0.3) is 11.5 Å². The highest BCUT2D eigenvalue weighted by Crippen LogP contribution is 2.36. The van der Waals surface area contributed by atoms with E-state index in [-0.39, 0.29) is 16.5 Å². The first-order valence-corrected chi connectivity index (χ1v) is 5.17. The summed E-state index contributed by atoms with van der Waals surface area (Å²) in [4.78, 5) is 23.8. The van der Waals surface area contributed by atoms with Crippen molar-refractivity contribution in [1.29, 1.82) is 0 Å². The van der Waals surface area contributed by atoms with Crippen molar-refractivity contribution >= 4 is 22.2 Å². The van der Waals surface area contributed by atoms with Gasteiger partial charge in [0.05, 0.1) is 16.0 Å². The summed E-state index contributed by atoms with van der Waals surface area (Å²) in [5, 5.41) is 21.5. The van der Waals surface area contributed by atoms with Gasteiger partial charge in [-0.25, -0.2) is 4.98 Å². The maximum absolute atomic E-state index is 10.7. The highest BCUT2D eigenvalue weighted by Gasteiger charge is 2.25. The number of thiazole rings is 1. The number of rotatable bonds is 3. The van der Waals surface area contributed by atoms with Crippen LogP contribution >= 0.6 is 11.3 Å². The highest BCUT2D eigenvalue weighted by atomic mass is 32.1. The molecule has 0 aliphatic heterocycles. The molecule has 2 aromatic rings. The van der Waals surface area contributed by atoms with Crippen molar-refractivity contribution in [2.75, 3.05) is 0 Å². The van der Waals surface area contributed by atoms with Gasteiger partial charge in [0.25, 0.3) is 0 Å². The summed E-state index contributed by atoms with van der Waals surface area (Å²) < 4.78 is 4.88. The molecule has 2 heterocycles. The van der Waals surface area contributed by atoms with Gasteiger partial charge in [-0.3, -0.25) is 20.2 Å². The average Bonchev–Trinajstić information content (AvgIpc) is 2.82. The molecule has 2 aromatic heterocycles. The molecule has 9 heteroatoms. The molecule has 0 fully saturated rings. The van der Waals surface area contributed by atoms with Crippen LogP contribution in [0.5, 0.6) is 0 Å². The lowest BCUT2D eigenvalue weighted by atomic mass is 10.3. The third-order valence-electron chi connectivity index (χ3n) is 1.89. The summed E-state index contributed by atoms with van der Waals surface area (Å²) in [6.45, 7) is 1.61. The predicted molar refractivity (Wildman–Crippen MR) is 57.9 cm³/mol. The minimum Gasteiger partial charge on any atom is -0.399 e. The summed E-state index contributed by atoms with van der Waals surface area (Å²) in [6.07, 6.45) is 0. The Morgan fingerprint density at radius 2 is 2.00 bits per heavy atom. The molecule has 0 N–H and O–H groups in total. The molecule has 0 saturated carbocycles. The van der Waals surface area contributed by atoms with E-state index >= 15 is 0 Å². The average molecular weight is 255 g/mol. The Hall–Kier alpha value is -2.29. The number of nitrogens with zero attached hydrogens (tertiary/aromatic N) is 3. The first-order valence-electron chi connectivity index (χ1n) is 4.35. The second-order valence-corrected chi connectivity index (χ2v) is 4.22. The molecule has 0 atom stereocenters. The van der Waals surface area contributed by atoms with E-state index in [1.54, 1.807) is 6.92 Å². The Kier molecular flexibility index (Phi) is 2.60. The fourth-order valence-electron chi connectivity index (χ4n) is 1.25. The monoisotopic (exact) mass is 255 g/mol. The topological polar surface area (TPSA) is 112 Å². The van der Waals surface area contributed by atoms with Crippen LogP contribution in [0, 0.1) is 27.2 Å². The first kappa shape index (κ1) is 11.2. The van der Waals surface area contributed by atoms with Crippen molar-refractivity contribution in [1.82, 2.24) is 4.98 Å². The second kappa shape index (κ2) is 3.94. The fourth-order valence-corrected chi connectivity index (χ4v) is 1.99.